The van der Waals surface area contributed by atoms with Gasteiger partial charge in [0.25, 0.3) is 0 Å². The summed E-state index contributed by atoms with van der Waals surface area (Å²) in [6.45, 7) is 4.36. The van der Waals surface area contributed by atoms with E-state index in [1.807, 2.05) is 24.3 Å². The van der Waals surface area contributed by atoms with Crippen LogP contribution in [0.15, 0.2) is 90.5 Å². The second-order valence-corrected chi connectivity index (χ2v) is 8.47. The second-order valence-electron chi connectivity index (χ2n) is 8.47. The third-order valence-corrected chi connectivity index (χ3v) is 6.16. The molecule has 1 aliphatic carbocycles. The Balaban J connectivity index is 1.60. The van der Waals surface area contributed by atoms with Crippen molar-refractivity contribution in [2.45, 2.75) is 20.3 Å². The molecule has 4 aromatic rings. The standard InChI is InChI=1S/C29H23NO/c1-19-11-13-21(14-12-19)25-18-23(17-22-15-20(2)16-24(22)25)30-26-7-3-5-9-28(26)31-29-10-6-4-8-27(29)30/h3-14,16-18H,15H2,1-2H3. The van der Waals surface area contributed by atoms with Gasteiger partial charge in [0, 0.05) is 5.69 Å². The van der Waals surface area contributed by atoms with Crippen molar-refractivity contribution in [2.24, 2.45) is 0 Å². The number of ether oxygens (including phenoxy) is 1. The molecule has 0 atom stereocenters. The van der Waals surface area contributed by atoms with Crippen LogP contribution in [-0.4, -0.2) is 0 Å². The van der Waals surface area contributed by atoms with Gasteiger partial charge in [0.05, 0.1) is 11.4 Å². The fourth-order valence-corrected chi connectivity index (χ4v) is 4.69. The van der Waals surface area contributed by atoms with Gasteiger partial charge in [0.2, 0.25) is 0 Å². The number of hydrogen-bond acceptors (Lipinski definition) is 2. The van der Waals surface area contributed by atoms with Gasteiger partial charge in [0.15, 0.2) is 11.5 Å². The number of allylic oxidation sites excluding steroid dienone is 1. The smallest absolute Gasteiger partial charge is 0.151 e. The molecule has 1 heterocycles. The van der Waals surface area contributed by atoms with Gasteiger partial charge >= 0.3 is 0 Å². The first-order valence-corrected chi connectivity index (χ1v) is 10.7. The molecule has 0 N–H and O–H groups in total. The lowest BCUT2D eigenvalue weighted by Gasteiger charge is -2.33. The highest BCUT2D eigenvalue weighted by Crippen LogP contribution is 2.51. The summed E-state index contributed by atoms with van der Waals surface area (Å²) in [4.78, 5) is 2.33. The van der Waals surface area contributed by atoms with E-state index >= 15 is 0 Å². The molecule has 0 bridgehead atoms. The number of rotatable bonds is 2. The third kappa shape index (κ3) is 2.95. The summed E-state index contributed by atoms with van der Waals surface area (Å²) in [5.41, 5.74) is 11.3. The highest BCUT2D eigenvalue weighted by molar-refractivity contribution is 5.91. The molecule has 0 amide bonds. The molecule has 4 aromatic carbocycles. The zero-order chi connectivity index (χ0) is 20.9. The third-order valence-electron chi connectivity index (χ3n) is 6.16. The zero-order valence-electron chi connectivity index (χ0n) is 17.7. The van der Waals surface area contributed by atoms with Crippen molar-refractivity contribution in [3.05, 3.63) is 107 Å². The molecule has 0 radical (unpaired) electrons. The summed E-state index contributed by atoms with van der Waals surface area (Å²) in [5.74, 6) is 1.76. The van der Waals surface area contributed by atoms with Gasteiger partial charge in [-0.25, -0.2) is 0 Å². The fraction of sp³-hybridized carbons (Fsp3) is 0.103. The van der Waals surface area contributed by atoms with Crippen molar-refractivity contribution in [3.8, 4) is 22.6 Å². The SMILES string of the molecule is CC1=Cc2c(cc(N3c4ccccc4Oc4ccccc43)cc2-c2ccc(C)cc2)C1. The van der Waals surface area contributed by atoms with Crippen LogP contribution in [0.1, 0.15) is 23.6 Å². The van der Waals surface area contributed by atoms with E-state index in [9.17, 15) is 0 Å². The molecule has 2 aliphatic rings. The van der Waals surface area contributed by atoms with Crippen LogP contribution in [0.4, 0.5) is 17.1 Å². The van der Waals surface area contributed by atoms with E-state index in [0.29, 0.717) is 0 Å². The predicted molar refractivity (Wildman–Crippen MR) is 129 cm³/mol. The number of nitrogens with zero attached hydrogens (tertiary/aromatic N) is 1. The van der Waals surface area contributed by atoms with Gasteiger partial charge in [-0.05, 0) is 78.9 Å². The highest BCUT2D eigenvalue weighted by Gasteiger charge is 2.27. The zero-order valence-corrected chi connectivity index (χ0v) is 17.7. The summed E-state index contributed by atoms with van der Waals surface area (Å²) < 4.78 is 6.21. The maximum Gasteiger partial charge on any atom is 0.151 e. The number of aryl methyl sites for hydroxylation is 1. The molecule has 0 saturated heterocycles. The highest BCUT2D eigenvalue weighted by atomic mass is 16.5. The Morgan fingerprint density at radius 3 is 2.06 bits per heavy atom. The van der Waals surface area contributed by atoms with Gasteiger partial charge in [0.1, 0.15) is 0 Å². The molecule has 31 heavy (non-hydrogen) atoms. The maximum absolute atomic E-state index is 6.21. The van der Waals surface area contributed by atoms with Crippen molar-refractivity contribution >= 4 is 23.1 Å². The normalized spacial score (nSPS) is 13.7. The summed E-state index contributed by atoms with van der Waals surface area (Å²) in [6.07, 6.45) is 3.34. The molecule has 0 fully saturated rings. The second kappa shape index (κ2) is 6.88. The van der Waals surface area contributed by atoms with Crippen molar-refractivity contribution in [2.75, 3.05) is 4.90 Å². The molecule has 150 valence electrons. The van der Waals surface area contributed by atoms with Gasteiger partial charge in [-0.2, -0.15) is 0 Å². The summed E-state index contributed by atoms with van der Waals surface area (Å²) in [6, 6.07) is 30.1. The summed E-state index contributed by atoms with van der Waals surface area (Å²) in [5, 5.41) is 0. The van der Waals surface area contributed by atoms with E-state index in [0.717, 1.165) is 29.3 Å². The van der Waals surface area contributed by atoms with Crippen molar-refractivity contribution < 1.29 is 4.74 Å². The Hall–Kier alpha value is -3.78. The first kappa shape index (κ1) is 18.0. The minimum atomic E-state index is 0.882. The number of para-hydroxylation sites is 4. The van der Waals surface area contributed by atoms with E-state index < -0.39 is 0 Å². The number of hydrogen-bond donors (Lipinski definition) is 0. The minimum Gasteiger partial charge on any atom is -0.453 e. The van der Waals surface area contributed by atoms with E-state index in [2.05, 4.69) is 85.5 Å². The van der Waals surface area contributed by atoms with E-state index in [-0.39, 0.29) is 0 Å². The lowest BCUT2D eigenvalue weighted by Crippen LogP contribution is -2.16. The Kier molecular flexibility index (Phi) is 4.00. The van der Waals surface area contributed by atoms with Crippen LogP contribution in [0.25, 0.3) is 17.2 Å². The Morgan fingerprint density at radius 1 is 0.742 bits per heavy atom. The Bertz CT molecular complexity index is 1300. The summed E-state index contributed by atoms with van der Waals surface area (Å²) in [7, 11) is 0. The van der Waals surface area contributed by atoms with Gasteiger partial charge in [-0.15, -0.1) is 0 Å². The average Bonchev–Trinajstić information content (AvgIpc) is 3.17. The van der Waals surface area contributed by atoms with Crippen LogP contribution in [0.3, 0.4) is 0 Å². The Morgan fingerprint density at radius 2 is 1.39 bits per heavy atom. The fourth-order valence-electron chi connectivity index (χ4n) is 4.69. The predicted octanol–water partition coefficient (Wildman–Crippen LogP) is 8.20. The van der Waals surface area contributed by atoms with E-state index in [4.69, 9.17) is 4.74 Å². The van der Waals surface area contributed by atoms with E-state index in [1.54, 1.807) is 0 Å². The number of fused-ring (bicyclic) bond motifs is 3. The number of benzene rings is 4. The van der Waals surface area contributed by atoms with Crippen LogP contribution in [-0.2, 0) is 6.42 Å². The maximum atomic E-state index is 6.21. The van der Waals surface area contributed by atoms with Crippen molar-refractivity contribution in [3.63, 3.8) is 0 Å². The molecular weight excluding hydrogens is 378 g/mol. The molecule has 0 aromatic heterocycles. The van der Waals surface area contributed by atoms with Crippen molar-refractivity contribution in [1.82, 2.24) is 0 Å². The van der Waals surface area contributed by atoms with Gasteiger partial charge in [-0.3, -0.25) is 0 Å². The van der Waals surface area contributed by atoms with Crippen LogP contribution >= 0.6 is 0 Å². The van der Waals surface area contributed by atoms with Crippen molar-refractivity contribution in [1.29, 1.82) is 0 Å². The first-order valence-electron chi connectivity index (χ1n) is 10.7. The summed E-state index contributed by atoms with van der Waals surface area (Å²) >= 11 is 0. The van der Waals surface area contributed by atoms with Crippen LogP contribution < -0.4 is 9.64 Å². The Labute approximate surface area is 183 Å². The molecule has 0 saturated carbocycles. The molecule has 2 heteroatoms. The molecule has 1 aliphatic heterocycles. The van der Waals surface area contributed by atoms with Gasteiger partial charge in [-0.1, -0.05) is 65.7 Å². The largest absolute Gasteiger partial charge is 0.453 e. The monoisotopic (exact) mass is 401 g/mol. The molecule has 6 rings (SSSR count). The minimum absolute atomic E-state index is 0.882. The first-order chi connectivity index (χ1) is 15.2. The van der Waals surface area contributed by atoms with Gasteiger partial charge < -0.3 is 9.64 Å². The number of anilines is 3. The lowest BCUT2D eigenvalue weighted by molar-refractivity contribution is 0.477. The molecule has 2 nitrogen and oxygen atoms in total. The topological polar surface area (TPSA) is 12.5 Å². The molecular formula is C29H23NO. The average molecular weight is 402 g/mol. The molecule has 0 unspecified atom stereocenters. The quantitative estimate of drug-likeness (QED) is 0.295. The lowest BCUT2D eigenvalue weighted by atomic mass is 9.94. The van der Waals surface area contributed by atoms with E-state index in [1.165, 1.54) is 39.1 Å². The van der Waals surface area contributed by atoms with Crippen LogP contribution in [0.2, 0.25) is 0 Å². The van der Waals surface area contributed by atoms with Crippen LogP contribution in [0.5, 0.6) is 11.5 Å². The van der Waals surface area contributed by atoms with Crippen LogP contribution in [0, 0.1) is 6.92 Å². The molecule has 0 spiro atoms.